The molecule has 0 amide bonds. The van der Waals surface area contributed by atoms with Crippen LogP contribution < -0.4 is 21.7 Å². The van der Waals surface area contributed by atoms with Crippen molar-refractivity contribution in [2.45, 2.75) is 19.4 Å². The van der Waals surface area contributed by atoms with Gasteiger partial charge in [-0.3, -0.25) is 15.1 Å². The summed E-state index contributed by atoms with van der Waals surface area (Å²) in [5.74, 6) is 7.25. The molecule has 0 radical (unpaired) electrons. The van der Waals surface area contributed by atoms with Crippen LogP contribution in [0.5, 0.6) is 0 Å². The fourth-order valence-electron chi connectivity index (χ4n) is 3.54. The highest BCUT2D eigenvalue weighted by Gasteiger charge is 2.25. The number of hydrogen-bond acceptors (Lipinski definition) is 7. The summed E-state index contributed by atoms with van der Waals surface area (Å²) >= 11 is 0. The zero-order valence-corrected chi connectivity index (χ0v) is 18.9. The van der Waals surface area contributed by atoms with Crippen LogP contribution in [0.4, 0.5) is 10.2 Å². The lowest BCUT2D eigenvalue weighted by molar-refractivity contribution is 0.0465. The summed E-state index contributed by atoms with van der Waals surface area (Å²) < 4.78 is 25.2. The number of aromatic nitrogens is 2. The number of allylic oxidation sites excluding steroid dienone is 2. The first-order chi connectivity index (χ1) is 15.9. The Kier molecular flexibility index (Phi) is 8.47. The summed E-state index contributed by atoms with van der Waals surface area (Å²) in [6.45, 7) is 2.55. The van der Waals surface area contributed by atoms with Crippen molar-refractivity contribution in [2.24, 2.45) is 16.8 Å². The highest BCUT2D eigenvalue weighted by atomic mass is 19.1. The smallest absolute Gasteiger partial charge is 0.252 e. The van der Waals surface area contributed by atoms with Crippen molar-refractivity contribution >= 4 is 11.7 Å². The van der Waals surface area contributed by atoms with E-state index in [9.17, 15) is 9.18 Å². The Morgan fingerprint density at radius 3 is 2.88 bits per heavy atom. The average molecular weight is 457 g/mol. The molecule has 3 rings (SSSR count). The molecule has 0 fully saturated rings. The number of nitrogens with one attached hydrogen (secondary N) is 2. The molecule has 176 valence electrons. The summed E-state index contributed by atoms with van der Waals surface area (Å²) in [5, 5.41) is 4.42. The molecule has 2 unspecified atom stereocenters. The molecule has 2 aromatic rings. The van der Waals surface area contributed by atoms with E-state index in [1.807, 2.05) is 12.2 Å². The number of amidine groups is 1. The predicted molar refractivity (Wildman–Crippen MR) is 125 cm³/mol. The van der Waals surface area contributed by atoms with Crippen LogP contribution in [0.2, 0.25) is 0 Å². The SMILES string of the molecule is COC1=CC=CC(CCNC/N=C(/c2ccc(C)c(F)c2)N(N)c2cc(=O)[nH]cn2)C1OC. The summed E-state index contributed by atoms with van der Waals surface area (Å²) in [7, 11) is 3.29. The number of H-pyrrole nitrogens is 1. The second-order valence-electron chi connectivity index (χ2n) is 7.51. The molecule has 1 heterocycles. The first-order valence-electron chi connectivity index (χ1n) is 10.5. The van der Waals surface area contributed by atoms with E-state index in [0.29, 0.717) is 17.7 Å². The largest absolute Gasteiger partial charge is 0.498 e. The van der Waals surface area contributed by atoms with Crippen LogP contribution in [0.1, 0.15) is 17.5 Å². The Morgan fingerprint density at radius 1 is 1.36 bits per heavy atom. The molecule has 1 aliphatic rings. The number of rotatable bonds is 9. The van der Waals surface area contributed by atoms with Gasteiger partial charge in [-0.15, -0.1) is 0 Å². The Hall–Kier alpha value is -3.34. The lowest BCUT2D eigenvalue weighted by atomic mass is 9.92. The number of benzene rings is 1. The Balaban J connectivity index is 1.71. The molecule has 2 atom stereocenters. The van der Waals surface area contributed by atoms with Crippen LogP contribution in [-0.4, -0.2) is 49.3 Å². The molecule has 0 saturated carbocycles. The van der Waals surface area contributed by atoms with E-state index in [1.54, 1.807) is 33.3 Å². The van der Waals surface area contributed by atoms with Crippen LogP contribution in [0.25, 0.3) is 0 Å². The summed E-state index contributed by atoms with van der Waals surface area (Å²) in [4.78, 5) is 22.7. The van der Waals surface area contributed by atoms with Crippen molar-refractivity contribution in [1.29, 1.82) is 0 Å². The third-order valence-corrected chi connectivity index (χ3v) is 5.34. The van der Waals surface area contributed by atoms with Crippen molar-refractivity contribution in [3.63, 3.8) is 0 Å². The molecule has 0 saturated heterocycles. The number of aliphatic imine (C=N–C) groups is 1. The zero-order chi connectivity index (χ0) is 23.8. The molecule has 10 heteroatoms. The molecule has 4 N–H and O–H groups in total. The number of aryl methyl sites for hydroxylation is 1. The topological polar surface area (TPSA) is 118 Å². The van der Waals surface area contributed by atoms with Gasteiger partial charge in [0.05, 0.1) is 20.1 Å². The second-order valence-corrected chi connectivity index (χ2v) is 7.51. The normalized spacial score (nSPS) is 18.2. The van der Waals surface area contributed by atoms with Gasteiger partial charge in [0.1, 0.15) is 17.7 Å². The van der Waals surface area contributed by atoms with Crippen molar-refractivity contribution in [2.75, 3.05) is 32.4 Å². The summed E-state index contributed by atoms with van der Waals surface area (Å²) in [5.41, 5.74) is 0.613. The van der Waals surface area contributed by atoms with Gasteiger partial charge in [-0.05, 0) is 37.6 Å². The number of nitrogens with two attached hydrogens (primary N) is 1. The van der Waals surface area contributed by atoms with Crippen LogP contribution >= 0.6 is 0 Å². The Morgan fingerprint density at radius 2 is 2.18 bits per heavy atom. The first-order valence-corrected chi connectivity index (χ1v) is 10.5. The minimum Gasteiger partial charge on any atom is -0.498 e. The van der Waals surface area contributed by atoms with Crippen LogP contribution in [0, 0.1) is 18.7 Å². The second kappa shape index (κ2) is 11.5. The highest BCUT2D eigenvalue weighted by Crippen LogP contribution is 2.25. The van der Waals surface area contributed by atoms with Gasteiger partial charge < -0.3 is 14.5 Å². The predicted octanol–water partition coefficient (Wildman–Crippen LogP) is 2.01. The van der Waals surface area contributed by atoms with E-state index in [-0.39, 0.29) is 41.7 Å². The lowest BCUT2D eigenvalue weighted by Crippen LogP contribution is -2.40. The fourth-order valence-corrected chi connectivity index (χ4v) is 3.54. The summed E-state index contributed by atoms with van der Waals surface area (Å²) in [6, 6.07) is 5.97. The van der Waals surface area contributed by atoms with Crippen molar-refractivity contribution < 1.29 is 13.9 Å². The highest BCUT2D eigenvalue weighted by molar-refractivity contribution is 6.08. The number of anilines is 1. The molecule has 33 heavy (non-hydrogen) atoms. The third kappa shape index (κ3) is 6.13. The average Bonchev–Trinajstić information content (AvgIpc) is 2.82. The molecule has 0 spiro atoms. The number of hydrogen-bond donors (Lipinski definition) is 3. The maximum atomic E-state index is 14.2. The van der Waals surface area contributed by atoms with Gasteiger partial charge >= 0.3 is 0 Å². The Labute approximate surface area is 191 Å². The maximum Gasteiger partial charge on any atom is 0.252 e. The monoisotopic (exact) mass is 456 g/mol. The molecular formula is C23H29FN6O3. The fraction of sp³-hybridized carbons (Fsp3) is 0.348. The van der Waals surface area contributed by atoms with Gasteiger partial charge in [0.25, 0.3) is 5.56 Å². The number of halogens is 1. The molecule has 0 bridgehead atoms. The number of hydrazine groups is 1. The van der Waals surface area contributed by atoms with Gasteiger partial charge in [0.2, 0.25) is 0 Å². The van der Waals surface area contributed by atoms with E-state index in [1.165, 1.54) is 23.5 Å². The van der Waals surface area contributed by atoms with Gasteiger partial charge in [-0.1, -0.05) is 24.3 Å². The van der Waals surface area contributed by atoms with Crippen molar-refractivity contribution in [1.82, 2.24) is 15.3 Å². The van der Waals surface area contributed by atoms with Gasteiger partial charge in [0, 0.05) is 24.7 Å². The minimum atomic E-state index is -0.378. The van der Waals surface area contributed by atoms with Crippen molar-refractivity contribution in [3.05, 3.63) is 81.9 Å². The zero-order valence-electron chi connectivity index (χ0n) is 18.9. The standard InChI is InChI=1S/C23H29FN6O3/c1-15-7-8-17(11-18(15)24)23(30(25)20-12-21(31)28-14-27-20)29-13-26-10-9-16-5-4-6-19(32-2)22(16)33-3/h4-8,11-12,14,16,22,26H,9-10,13,25H2,1-3H3,(H,27,28,31)/b29-23-. The molecule has 1 aliphatic carbocycles. The minimum absolute atomic E-state index is 0.141. The molecular weight excluding hydrogens is 427 g/mol. The molecule has 0 aliphatic heterocycles. The third-order valence-electron chi connectivity index (χ3n) is 5.34. The molecule has 1 aromatic heterocycles. The van der Waals surface area contributed by atoms with Crippen molar-refractivity contribution in [3.8, 4) is 0 Å². The van der Waals surface area contributed by atoms with E-state index in [0.717, 1.165) is 12.2 Å². The quantitative estimate of drug-likeness (QED) is 0.174. The Bertz CT molecular complexity index is 1100. The first kappa shape index (κ1) is 24.3. The van der Waals surface area contributed by atoms with Gasteiger partial charge in [0.15, 0.2) is 11.7 Å². The van der Waals surface area contributed by atoms with E-state index < -0.39 is 0 Å². The number of aromatic amines is 1. The molecule has 9 nitrogen and oxygen atoms in total. The van der Waals surface area contributed by atoms with E-state index in [4.69, 9.17) is 15.3 Å². The van der Waals surface area contributed by atoms with Gasteiger partial charge in [-0.2, -0.15) is 0 Å². The lowest BCUT2D eigenvalue weighted by Gasteiger charge is -2.27. The van der Waals surface area contributed by atoms with Gasteiger partial charge in [-0.25, -0.2) is 20.2 Å². The van der Waals surface area contributed by atoms with E-state index >= 15 is 0 Å². The van der Waals surface area contributed by atoms with Crippen LogP contribution in [0.15, 0.2) is 64.4 Å². The number of methoxy groups -OCH3 is 2. The number of nitrogens with zero attached hydrogens (tertiary/aromatic N) is 3. The molecule has 1 aromatic carbocycles. The van der Waals surface area contributed by atoms with Crippen LogP contribution in [0.3, 0.4) is 0 Å². The maximum absolute atomic E-state index is 14.2. The van der Waals surface area contributed by atoms with Crippen LogP contribution in [-0.2, 0) is 9.47 Å². The number of ether oxygens (including phenoxy) is 2. The summed E-state index contributed by atoms with van der Waals surface area (Å²) in [6.07, 6.45) is 7.84. The van der Waals surface area contributed by atoms with E-state index in [2.05, 4.69) is 26.4 Å².